The topological polar surface area (TPSA) is 0 Å². The first kappa shape index (κ1) is 20.7. The second kappa shape index (κ2) is 6.81. The van der Waals surface area contributed by atoms with Crippen molar-refractivity contribution >= 4 is 0 Å². The predicted molar refractivity (Wildman–Crippen MR) is 115 cm³/mol. The number of hydrogen-bond donors (Lipinski definition) is 0. The lowest BCUT2D eigenvalue weighted by Crippen LogP contribution is -2.62. The fourth-order valence-electron chi connectivity index (χ4n) is 7.18. The zero-order valence-electron chi connectivity index (χ0n) is 19.4. The summed E-state index contributed by atoms with van der Waals surface area (Å²) >= 11 is 0. The summed E-state index contributed by atoms with van der Waals surface area (Å²) < 4.78 is 0. The van der Waals surface area contributed by atoms with Crippen LogP contribution in [0.2, 0.25) is 0 Å². The Balaban J connectivity index is 0.000000113. The minimum atomic E-state index is 0.772. The highest BCUT2D eigenvalue weighted by atomic mass is 14.7. The first-order chi connectivity index (χ1) is 11.9. The fraction of sp³-hybridized carbons (Fsp3) is 1.00. The van der Waals surface area contributed by atoms with Crippen LogP contribution in [-0.2, 0) is 0 Å². The van der Waals surface area contributed by atoms with Gasteiger partial charge in [0.1, 0.15) is 0 Å². The molecule has 7 fully saturated rings. The van der Waals surface area contributed by atoms with Gasteiger partial charge in [-0.25, -0.2) is 0 Å². The van der Waals surface area contributed by atoms with E-state index in [-0.39, 0.29) is 0 Å². The molecule has 0 spiro atoms. The zero-order valence-corrected chi connectivity index (χ0v) is 19.4. The maximum atomic E-state index is 2.43. The quantitative estimate of drug-likeness (QED) is 0.461. The maximum absolute atomic E-state index is 2.43. The Morgan fingerprint density at radius 1 is 0.731 bits per heavy atom. The van der Waals surface area contributed by atoms with Gasteiger partial charge in [0, 0.05) is 0 Å². The molecule has 7 aliphatic rings. The molecule has 7 saturated carbocycles. The van der Waals surface area contributed by atoms with E-state index in [0.29, 0.717) is 0 Å². The molecule has 0 aromatic carbocycles. The summed E-state index contributed by atoms with van der Waals surface area (Å²) in [7, 11) is 0. The van der Waals surface area contributed by atoms with Gasteiger partial charge in [0.25, 0.3) is 0 Å². The summed E-state index contributed by atoms with van der Waals surface area (Å²) in [6.45, 7) is 18.9. The summed E-state index contributed by atoms with van der Waals surface area (Å²) in [5.41, 5.74) is 3.30. The van der Waals surface area contributed by atoms with Crippen molar-refractivity contribution < 1.29 is 0 Å². The Hall–Kier alpha value is 0. The van der Waals surface area contributed by atoms with Gasteiger partial charge in [-0.05, 0) is 110 Å². The van der Waals surface area contributed by atoms with Crippen molar-refractivity contribution in [3.63, 3.8) is 0 Å². The summed E-state index contributed by atoms with van der Waals surface area (Å²) in [5.74, 6) is 3.96. The molecule has 7 rings (SSSR count). The van der Waals surface area contributed by atoms with Crippen molar-refractivity contribution in [2.75, 3.05) is 0 Å². The lowest BCUT2D eigenvalue weighted by molar-refractivity contribution is -0.217. The van der Waals surface area contributed by atoms with Crippen LogP contribution >= 0.6 is 0 Å². The Bertz CT molecular complexity index is 453. The molecule has 4 bridgehead atoms. The molecule has 0 N–H and O–H groups in total. The summed E-state index contributed by atoms with van der Waals surface area (Å²) in [6.07, 6.45) is 15.2. The highest BCUT2D eigenvalue weighted by molar-refractivity contribution is 5.15. The van der Waals surface area contributed by atoms with E-state index >= 15 is 0 Å². The number of hydrogen-bond acceptors (Lipinski definition) is 0. The molecule has 0 aromatic rings. The summed E-state index contributed by atoms with van der Waals surface area (Å²) in [5, 5.41) is 0. The van der Waals surface area contributed by atoms with Gasteiger partial charge in [-0.3, -0.25) is 0 Å². The molecule has 0 unspecified atom stereocenters. The van der Waals surface area contributed by atoms with Gasteiger partial charge in [0.05, 0.1) is 0 Å². The minimum absolute atomic E-state index is 0.772. The standard InChI is InChI=1S/2C9H16.C8H16/c1-7(2)9-4-8(3,5-9)6-9;1-7(2)3-9-4-8(5-9)6-9;1-7(2)6-8(3)4-5-8/h7H,4-6H2,1-3H3;7-8H,3-6H2,1-2H3;7H,4-6H2,1-3H3. The molecule has 152 valence electrons. The van der Waals surface area contributed by atoms with Crippen molar-refractivity contribution in [1.29, 1.82) is 0 Å². The molecular weight excluding hydrogens is 312 g/mol. The van der Waals surface area contributed by atoms with E-state index in [2.05, 4.69) is 55.4 Å². The van der Waals surface area contributed by atoms with Crippen molar-refractivity contribution in [3.05, 3.63) is 0 Å². The largest absolute Gasteiger partial charge is 0.0628 e. The molecule has 0 amide bonds. The van der Waals surface area contributed by atoms with Crippen LogP contribution in [0.15, 0.2) is 0 Å². The van der Waals surface area contributed by atoms with Crippen LogP contribution in [0, 0.1) is 45.3 Å². The first-order valence-corrected chi connectivity index (χ1v) is 11.9. The van der Waals surface area contributed by atoms with E-state index in [1.807, 2.05) is 0 Å². The third-order valence-corrected chi connectivity index (χ3v) is 8.57. The van der Waals surface area contributed by atoms with E-state index in [9.17, 15) is 0 Å². The van der Waals surface area contributed by atoms with Crippen LogP contribution < -0.4 is 0 Å². The molecule has 0 aromatic heterocycles. The van der Waals surface area contributed by atoms with Crippen LogP contribution in [0.25, 0.3) is 0 Å². The lowest BCUT2D eigenvalue weighted by Gasteiger charge is -2.72. The van der Waals surface area contributed by atoms with E-state index in [0.717, 1.165) is 39.4 Å². The number of rotatable bonds is 5. The Morgan fingerprint density at radius 3 is 1.31 bits per heavy atom. The average Bonchev–Trinajstić information content (AvgIpc) is 3.05. The van der Waals surface area contributed by atoms with Crippen molar-refractivity contribution in [1.82, 2.24) is 0 Å². The van der Waals surface area contributed by atoms with Crippen molar-refractivity contribution in [2.24, 2.45) is 45.3 Å². The third-order valence-electron chi connectivity index (χ3n) is 8.57. The summed E-state index contributed by atoms with van der Waals surface area (Å²) in [4.78, 5) is 0. The predicted octanol–water partition coefficient (Wildman–Crippen LogP) is 8.50. The monoisotopic (exact) mass is 360 g/mol. The molecule has 0 heterocycles. The van der Waals surface area contributed by atoms with Crippen LogP contribution in [0.5, 0.6) is 0 Å². The SMILES string of the molecule is CC(C)C12CC(C)(C1)C2.CC(C)CC1(C)CC1.CC(C)CC12CC(C1)C2. The fourth-order valence-corrected chi connectivity index (χ4v) is 7.18. The van der Waals surface area contributed by atoms with Crippen LogP contribution in [-0.4, -0.2) is 0 Å². The molecule has 0 atom stereocenters. The van der Waals surface area contributed by atoms with E-state index in [1.54, 1.807) is 19.3 Å². The first-order valence-electron chi connectivity index (χ1n) is 11.9. The minimum Gasteiger partial charge on any atom is -0.0628 e. The highest BCUT2D eigenvalue weighted by Gasteiger charge is 2.65. The zero-order chi connectivity index (χ0) is 19.4. The van der Waals surface area contributed by atoms with Gasteiger partial charge < -0.3 is 0 Å². The molecule has 0 radical (unpaired) electrons. The van der Waals surface area contributed by atoms with E-state index in [4.69, 9.17) is 0 Å². The molecule has 0 nitrogen and oxygen atoms in total. The van der Waals surface area contributed by atoms with Crippen LogP contribution in [0.4, 0.5) is 0 Å². The van der Waals surface area contributed by atoms with Crippen molar-refractivity contribution in [3.8, 4) is 0 Å². The Kier molecular flexibility index (Phi) is 5.43. The second-order valence-corrected chi connectivity index (χ2v) is 13.3. The summed E-state index contributed by atoms with van der Waals surface area (Å²) in [6, 6.07) is 0. The van der Waals surface area contributed by atoms with E-state index in [1.165, 1.54) is 50.9 Å². The Morgan fingerprint density at radius 2 is 1.19 bits per heavy atom. The van der Waals surface area contributed by atoms with Crippen LogP contribution in [0.3, 0.4) is 0 Å². The van der Waals surface area contributed by atoms with Crippen LogP contribution in [0.1, 0.15) is 120 Å². The molecular formula is C26H48. The Labute approximate surface area is 165 Å². The second-order valence-electron chi connectivity index (χ2n) is 13.3. The maximum Gasteiger partial charge on any atom is -0.0259 e. The molecule has 26 heavy (non-hydrogen) atoms. The lowest BCUT2D eigenvalue weighted by atomic mass is 9.33. The molecule has 0 heteroatoms. The van der Waals surface area contributed by atoms with Gasteiger partial charge in [-0.15, -0.1) is 0 Å². The van der Waals surface area contributed by atoms with Gasteiger partial charge in [-0.2, -0.15) is 0 Å². The van der Waals surface area contributed by atoms with E-state index < -0.39 is 0 Å². The van der Waals surface area contributed by atoms with Gasteiger partial charge in [-0.1, -0.05) is 55.4 Å². The molecule has 7 aliphatic carbocycles. The molecule has 0 saturated heterocycles. The third kappa shape index (κ3) is 4.35. The molecule has 0 aliphatic heterocycles. The normalized spacial score (nSPS) is 42.3. The van der Waals surface area contributed by atoms with Crippen molar-refractivity contribution in [2.45, 2.75) is 120 Å². The smallest absolute Gasteiger partial charge is 0.0259 e. The van der Waals surface area contributed by atoms with Gasteiger partial charge >= 0.3 is 0 Å². The van der Waals surface area contributed by atoms with Gasteiger partial charge in [0.2, 0.25) is 0 Å². The highest BCUT2D eigenvalue weighted by Crippen LogP contribution is 2.75. The average molecular weight is 361 g/mol. The van der Waals surface area contributed by atoms with Gasteiger partial charge in [0.15, 0.2) is 0 Å².